The van der Waals surface area contributed by atoms with Crippen LogP contribution >= 0.6 is 11.3 Å². The van der Waals surface area contributed by atoms with E-state index in [0.717, 1.165) is 5.56 Å². The monoisotopic (exact) mass is 331 g/mol. The maximum absolute atomic E-state index is 12.1. The third-order valence-electron chi connectivity index (χ3n) is 3.24. The molecule has 6 heteroatoms. The molecule has 0 aliphatic rings. The van der Waals surface area contributed by atoms with Gasteiger partial charge in [0.05, 0.1) is 0 Å². The summed E-state index contributed by atoms with van der Waals surface area (Å²) in [6, 6.07) is 8.42. The molecule has 1 heterocycles. The molecule has 0 radical (unpaired) electrons. The minimum absolute atomic E-state index is 0.0891. The smallest absolute Gasteiger partial charge is 0.349 e. The van der Waals surface area contributed by atoms with Gasteiger partial charge in [0.2, 0.25) is 0 Å². The molecule has 1 atom stereocenters. The van der Waals surface area contributed by atoms with Gasteiger partial charge < -0.3 is 10.1 Å². The highest BCUT2D eigenvalue weighted by molar-refractivity contribution is 7.12. The van der Waals surface area contributed by atoms with Crippen molar-refractivity contribution < 1.29 is 19.1 Å². The Labute approximate surface area is 138 Å². The summed E-state index contributed by atoms with van der Waals surface area (Å²) in [5.41, 5.74) is 1.81. The van der Waals surface area contributed by atoms with E-state index in [1.165, 1.54) is 25.2 Å². The van der Waals surface area contributed by atoms with Gasteiger partial charge in [-0.05, 0) is 49.9 Å². The van der Waals surface area contributed by atoms with Gasteiger partial charge in [0, 0.05) is 11.3 Å². The number of nitrogens with one attached hydrogen (secondary N) is 1. The Morgan fingerprint density at radius 3 is 2.57 bits per heavy atom. The van der Waals surface area contributed by atoms with Crippen LogP contribution < -0.4 is 5.32 Å². The number of aryl methyl sites for hydroxylation is 1. The number of hydrogen-bond donors (Lipinski definition) is 1. The summed E-state index contributed by atoms with van der Waals surface area (Å²) in [7, 11) is 0. The van der Waals surface area contributed by atoms with Crippen LogP contribution in [0.2, 0.25) is 0 Å². The molecule has 0 bridgehead atoms. The quantitative estimate of drug-likeness (QED) is 0.673. The Hall–Kier alpha value is -2.47. The van der Waals surface area contributed by atoms with Gasteiger partial charge in [-0.1, -0.05) is 12.1 Å². The molecule has 0 aliphatic carbocycles. The lowest BCUT2D eigenvalue weighted by atomic mass is 10.1. The van der Waals surface area contributed by atoms with Crippen LogP contribution in [0.15, 0.2) is 35.7 Å². The van der Waals surface area contributed by atoms with Gasteiger partial charge >= 0.3 is 5.97 Å². The van der Waals surface area contributed by atoms with E-state index in [2.05, 4.69) is 5.32 Å². The van der Waals surface area contributed by atoms with Gasteiger partial charge in [0.15, 0.2) is 11.9 Å². The molecule has 1 aromatic carbocycles. The molecule has 0 unspecified atom stereocenters. The van der Waals surface area contributed by atoms with Crippen molar-refractivity contribution in [1.82, 2.24) is 0 Å². The topological polar surface area (TPSA) is 72.5 Å². The fourth-order valence-corrected chi connectivity index (χ4v) is 2.72. The molecule has 23 heavy (non-hydrogen) atoms. The largest absolute Gasteiger partial charge is 0.448 e. The Kier molecular flexibility index (Phi) is 5.28. The molecule has 2 rings (SSSR count). The number of esters is 1. The van der Waals surface area contributed by atoms with Gasteiger partial charge in [0.1, 0.15) is 4.88 Å². The zero-order valence-electron chi connectivity index (χ0n) is 13.1. The van der Waals surface area contributed by atoms with Crippen molar-refractivity contribution in [3.8, 4) is 0 Å². The Morgan fingerprint density at radius 2 is 1.96 bits per heavy atom. The zero-order chi connectivity index (χ0) is 17.0. The number of carbonyl (C=O) groups excluding carboxylic acids is 3. The number of carbonyl (C=O) groups is 3. The molecule has 1 amide bonds. The first-order valence-corrected chi connectivity index (χ1v) is 7.93. The van der Waals surface area contributed by atoms with E-state index in [0.29, 0.717) is 16.1 Å². The second-order valence-electron chi connectivity index (χ2n) is 5.11. The lowest BCUT2D eigenvalue weighted by Crippen LogP contribution is -2.30. The number of benzene rings is 1. The molecule has 0 saturated heterocycles. The summed E-state index contributed by atoms with van der Waals surface area (Å²) in [4.78, 5) is 35.9. The van der Waals surface area contributed by atoms with Gasteiger partial charge in [-0.15, -0.1) is 11.3 Å². The number of ether oxygens (including phenoxy) is 1. The highest BCUT2D eigenvalue weighted by atomic mass is 32.1. The number of rotatable bonds is 5. The van der Waals surface area contributed by atoms with Crippen LogP contribution in [0.25, 0.3) is 0 Å². The number of amides is 1. The maximum atomic E-state index is 12.1. The van der Waals surface area contributed by atoms with Crippen molar-refractivity contribution in [2.45, 2.75) is 26.9 Å². The van der Waals surface area contributed by atoms with E-state index < -0.39 is 18.0 Å². The third kappa shape index (κ3) is 4.26. The molecule has 1 aromatic heterocycles. The molecular weight excluding hydrogens is 314 g/mol. The maximum Gasteiger partial charge on any atom is 0.349 e. The predicted molar refractivity (Wildman–Crippen MR) is 89.0 cm³/mol. The summed E-state index contributed by atoms with van der Waals surface area (Å²) >= 11 is 1.28. The van der Waals surface area contributed by atoms with Crippen molar-refractivity contribution in [1.29, 1.82) is 0 Å². The summed E-state index contributed by atoms with van der Waals surface area (Å²) in [6.07, 6.45) is -0.940. The van der Waals surface area contributed by atoms with Crippen molar-refractivity contribution in [3.05, 3.63) is 51.7 Å². The lowest BCUT2D eigenvalue weighted by molar-refractivity contribution is -0.123. The van der Waals surface area contributed by atoms with E-state index in [-0.39, 0.29) is 5.78 Å². The average Bonchev–Trinajstić information content (AvgIpc) is 2.93. The minimum atomic E-state index is -0.940. The highest BCUT2D eigenvalue weighted by Gasteiger charge is 2.21. The normalized spacial score (nSPS) is 11.6. The molecule has 2 aromatic rings. The van der Waals surface area contributed by atoms with Crippen LogP contribution in [-0.4, -0.2) is 23.8 Å². The number of ketones is 1. The summed E-state index contributed by atoms with van der Waals surface area (Å²) in [5, 5.41) is 4.43. The van der Waals surface area contributed by atoms with Crippen LogP contribution in [0.4, 0.5) is 5.69 Å². The molecule has 1 N–H and O–H groups in total. The SMILES string of the molecule is CC(=O)c1cccc(NC(=O)[C@H](C)OC(=O)c2sccc2C)c1. The van der Waals surface area contributed by atoms with Gasteiger partial charge in [-0.25, -0.2) is 4.79 Å². The van der Waals surface area contributed by atoms with E-state index in [9.17, 15) is 14.4 Å². The van der Waals surface area contributed by atoms with Crippen molar-refractivity contribution in [2.24, 2.45) is 0 Å². The van der Waals surface area contributed by atoms with E-state index in [4.69, 9.17) is 4.74 Å². The number of anilines is 1. The fraction of sp³-hybridized carbons (Fsp3) is 0.235. The summed E-state index contributed by atoms with van der Waals surface area (Å²) < 4.78 is 5.18. The molecule has 0 saturated carbocycles. The Balaban J connectivity index is 2.00. The first kappa shape index (κ1) is 16.9. The molecular formula is C17H17NO4S. The Morgan fingerprint density at radius 1 is 1.22 bits per heavy atom. The van der Waals surface area contributed by atoms with Crippen LogP contribution in [0.3, 0.4) is 0 Å². The number of Topliss-reactive ketones (excluding diaryl/α,β-unsaturated/α-hetero) is 1. The van der Waals surface area contributed by atoms with E-state index in [1.54, 1.807) is 29.6 Å². The van der Waals surface area contributed by atoms with E-state index >= 15 is 0 Å². The first-order valence-electron chi connectivity index (χ1n) is 7.05. The average molecular weight is 331 g/mol. The van der Waals surface area contributed by atoms with Crippen LogP contribution in [0.1, 0.15) is 39.4 Å². The van der Waals surface area contributed by atoms with Gasteiger partial charge in [-0.2, -0.15) is 0 Å². The third-order valence-corrected chi connectivity index (χ3v) is 4.23. The molecule has 0 aliphatic heterocycles. The van der Waals surface area contributed by atoms with Crippen LogP contribution in [0, 0.1) is 6.92 Å². The number of hydrogen-bond acceptors (Lipinski definition) is 5. The first-order chi connectivity index (χ1) is 10.9. The minimum Gasteiger partial charge on any atom is -0.448 e. The summed E-state index contributed by atoms with van der Waals surface area (Å²) in [5.74, 6) is -1.06. The lowest BCUT2D eigenvalue weighted by Gasteiger charge is -2.13. The molecule has 5 nitrogen and oxygen atoms in total. The summed E-state index contributed by atoms with van der Waals surface area (Å²) in [6.45, 7) is 4.77. The molecule has 0 fully saturated rings. The van der Waals surface area contributed by atoms with Crippen LogP contribution in [-0.2, 0) is 9.53 Å². The molecule has 120 valence electrons. The number of thiophene rings is 1. The van der Waals surface area contributed by atoms with Crippen molar-refractivity contribution in [2.75, 3.05) is 5.32 Å². The standard InChI is InChI=1S/C17H17NO4S/c1-10-7-8-23-15(10)17(21)22-12(3)16(20)18-14-6-4-5-13(9-14)11(2)19/h4-9,12H,1-3H3,(H,18,20)/t12-/m0/s1. The fourth-order valence-electron chi connectivity index (χ4n) is 1.91. The van der Waals surface area contributed by atoms with E-state index in [1.807, 2.05) is 13.0 Å². The Bertz CT molecular complexity index is 751. The van der Waals surface area contributed by atoms with Crippen molar-refractivity contribution in [3.63, 3.8) is 0 Å². The van der Waals surface area contributed by atoms with Crippen molar-refractivity contribution >= 4 is 34.7 Å². The second kappa shape index (κ2) is 7.19. The highest BCUT2D eigenvalue weighted by Crippen LogP contribution is 2.18. The molecule has 0 spiro atoms. The van der Waals surface area contributed by atoms with Gasteiger partial charge in [-0.3, -0.25) is 9.59 Å². The van der Waals surface area contributed by atoms with Crippen LogP contribution in [0.5, 0.6) is 0 Å². The predicted octanol–water partition coefficient (Wildman–Crippen LogP) is 3.44. The second-order valence-corrected chi connectivity index (χ2v) is 6.02. The van der Waals surface area contributed by atoms with Gasteiger partial charge in [0.25, 0.3) is 5.91 Å². The zero-order valence-corrected chi connectivity index (χ0v) is 13.9.